The number of benzene rings is 3. The van der Waals surface area contributed by atoms with E-state index in [1.54, 1.807) is 43.5 Å². The molecule has 25 heavy (non-hydrogen) atoms. The highest BCUT2D eigenvalue weighted by atomic mass is 79.9. The molecule has 5 heteroatoms. The number of ether oxygens (including phenoxy) is 2. The first-order chi connectivity index (χ1) is 12.1. The van der Waals surface area contributed by atoms with Crippen molar-refractivity contribution < 1.29 is 14.3 Å². The Kier molecular flexibility index (Phi) is 5.36. The minimum Gasteiger partial charge on any atom is -0.497 e. The highest BCUT2D eigenvalue weighted by Crippen LogP contribution is 2.24. The van der Waals surface area contributed by atoms with Crippen LogP contribution in [0, 0.1) is 0 Å². The third-order valence-corrected chi connectivity index (χ3v) is 4.02. The van der Waals surface area contributed by atoms with Crippen LogP contribution in [0.15, 0.2) is 77.3 Å². The molecule has 0 aliphatic heterocycles. The Balaban J connectivity index is 1.65. The Bertz CT molecular complexity index is 861. The molecule has 1 amide bonds. The van der Waals surface area contributed by atoms with E-state index in [-0.39, 0.29) is 5.91 Å². The van der Waals surface area contributed by atoms with Crippen LogP contribution in [-0.4, -0.2) is 13.0 Å². The zero-order valence-corrected chi connectivity index (χ0v) is 15.1. The summed E-state index contributed by atoms with van der Waals surface area (Å²) in [6, 6.07) is 21.8. The van der Waals surface area contributed by atoms with Crippen LogP contribution in [0.2, 0.25) is 0 Å². The molecule has 0 aliphatic rings. The Morgan fingerprint density at radius 3 is 2.16 bits per heavy atom. The first-order valence-electron chi connectivity index (χ1n) is 7.63. The van der Waals surface area contributed by atoms with Crippen LogP contribution >= 0.6 is 15.9 Å². The molecule has 3 aromatic carbocycles. The van der Waals surface area contributed by atoms with E-state index in [2.05, 4.69) is 21.2 Å². The largest absolute Gasteiger partial charge is 0.497 e. The molecule has 1 N–H and O–H groups in total. The zero-order valence-electron chi connectivity index (χ0n) is 13.5. The average Bonchev–Trinajstić information content (AvgIpc) is 2.65. The number of amides is 1. The van der Waals surface area contributed by atoms with E-state index < -0.39 is 0 Å². The molecular weight excluding hydrogens is 382 g/mol. The number of halogens is 1. The quantitative estimate of drug-likeness (QED) is 0.617. The molecule has 0 aliphatic carbocycles. The molecule has 0 spiro atoms. The van der Waals surface area contributed by atoms with Gasteiger partial charge in [-0.25, -0.2) is 0 Å². The van der Waals surface area contributed by atoms with E-state index in [0.29, 0.717) is 22.7 Å². The first-order valence-corrected chi connectivity index (χ1v) is 8.42. The number of carbonyl (C=O) groups excluding carboxylic acids is 1. The average molecular weight is 398 g/mol. The number of anilines is 1. The van der Waals surface area contributed by atoms with Gasteiger partial charge in [0.2, 0.25) is 0 Å². The van der Waals surface area contributed by atoms with Gasteiger partial charge in [-0.3, -0.25) is 4.79 Å². The van der Waals surface area contributed by atoms with Crippen molar-refractivity contribution in [3.05, 3.63) is 82.8 Å². The van der Waals surface area contributed by atoms with E-state index in [0.717, 1.165) is 10.2 Å². The van der Waals surface area contributed by atoms with Crippen LogP contribution in [-0.2, 0) is 0 Å². The van der Waals surface area contributed by atoms with Crippen molar-refractivity contribution in [2.24, 2.45) is 0 Å². The van der Waals surface area contributed by atoms with Crippen LogP contribution in [0.3, 0.4) is 0 Å². The molecular formula is C20H16BrNO3. The summed E-state index contributed by atoms with van der Waals surface area (Å²) < 4.78 is 11.9. The Hall–Kier alpha value is -2.79. The maximum atomic E-state index is 12.3. The maximum Gasteiger partial charge on any atom is 0.255 e. The lowest BCUT2D eigenvalue weighted by atomic mass is 10.2. The van der Waals surface area contributed by atoms with Gasteiger partial charge < -0.3 is 14.8 Å². The third-order valence-electron chi connectivity index (χ3n) is 3.49. The number of hydrogen-bond donors (Lipinski definition) is 1. The number of methoxy groups -OCH3 is 1. The van der Waals surface area contributed by atoms with Crippen molar-refractivity contribution in [1.29, 1.82) is 0 Å². The van der Waals surface area contributed by atoms with Crippen LogP contribution in [0.5, 0.6) is 17.2 Å². The fourth-order valence-corrected chi connectivity index (χ4v) is 2.48. The Labute approximate surface area is 154 Å². The van der Waals surface area contributed by atoms with Crippen LogP contribution in [0.4, 0.5) is 5.69 Å². The molecule has 0 heterocycles. The normalized spacial score (nSPS) is 10.2. The van der Waals surface area contributed by atoms with Gasteiger partial charge in [0.1, 0.15) is 17.2 Å². The van der Waals surface area contributed by atoms with Gasteiger partial charge in [-0.1, -0.05) is 22.0 Å². The smallest absolute Gasteiger partial charge is 0.255 e. The van der Waals surface area contributed by atoms with E-state index in [1.807, 2.05) is 36.4 Å². The van der Waals surface area contributed by atoms with E-state index in [1.165, 1.54) is 0 Å². The standard InChI is InChI=1S/C20H16BrNO3/c1-24-19-4-2-3-14(13-19)20(23)22-16-7-11-18(12-8-16)25-17-9-5-15(21)6-10-17/h2-13H,1H3,(H,22,23). The van der Waals surface area contributed by atoms with Gasteiger partial charge in [-0.15, -0.1) is 0 Å². The molecule has 0 radical (unpaired) electrons. The fourth-order valence-electron chi connectivity index (χ4n) is 2.21. The van der Waals surface area contributed by atoms with Gasteiger partial charge in [-0.2, -0.15) is 0 Å². The highest BCUT2D eigenvalue weighted by Gasteiger charge is 2.07. The fraction of sp³-hybridized carbons (Fsp3) is 0.0500. The molecule has 0 aromatic heterocycles. The summed E-state index contributed by atoms with van der Waals surface area (Å²) in [5, 5.41) is 2.85. The lowest BCUT2D eigenvalue weighted by Gasteiger charge is -2.09. The summed E-state index contributed by atoms with van der Waals surface area (Å²) in [6.07, 6.45) is 0. The van der Waals surface area contributed by atoms with Crippen molar-refractivity contribution >= 4 is 27.5 Å². The minimum absolute atomic E-state index is 0.194. The summed E-state index contributed by atoms with van der Waals surface area (Å²) in [4.78, 5) is 12.3. The second-order valence-electron chi connectivity index (χ2n) is 5.27. The molecule has 3 rings (SSSR count). The number of nitrogens with one attached hydrogen (secondary N) is 1. The monoisotopic (exact) mass is 397 g/mol. The molecule has 4 nitrogen and oxygen atoms in total. The van der Waals surface area contributed by atoms with Gasteiger partial charge in [0, 0.05) is 15.7 Å². The predicted molar refractivity (Wildman–Crippen MR) is 102 cm³/mol. The summed E-state index contributed by atoms with van der Waals surface area (Å²) in [5.74, 6) is 1.89. The van der Waals surface area contributed by atoms with Gasteiger partial charge >= 0.3 is 0 Å². The minimum atomic E-state index is -0.194. The Morgan fingerprint density at radius 1 is 0.880 bits per heavy atom. The van der Waals surface area contributed by atoms with E-state index in [9.17, 15) is 4.79 Å². The van der Waals surface area contributed by atoms with Crippen LogP contribution < -0.4 is 14.8 Å². The lowest BCUT2D eigenvalue weighted by molar-refractivity contribution is 0.102. The summed E-state index contributed by atoms with van der Waals surface area (Å²) >= 11 is 3.39. The van der Waals surface area contributed by atoms with Crippen molar-refractivity contribution in [3.63, 3.8) is 0 Å². The molecule has 0 bridgehead atoms. The predicted octanol–water partition coefficient (Wildman–Crippen LogP) is 5.50. The molecule has 0 atom stereocenters. The van der Waals surface area contributed by atoms with E-state index >= 15 is 0 Å². The van der Waals surface area contributed by atoms with E-state index in [4.69, 9.17) is 9.47 Å². The highest BCUT2D eigenvalue weighted by molar-refractivity contribution is 9.10. The van der Waals surface area contributed by atoms with Crippen LogP contribution in [0.25, 0.3) is 0 Å². The summed E-state index contributed by atoms with van der Waals surface area (Å²) in [7, 11) is 1.57. The molecule has 0 saturated carbocycles. The van der Waals surface area contributed by atoms with Crippen molar-refractivity contribution in [2.45, 2.75) is 0 Å². The number of carbonyl (C=O) groups is 1. The summed E-state index contributed by atoms with van der Waals surface area (Å²) in [6.45, 7) is 0. The van der Waals surface area contributed by atoms with Gasteiger partial charge in [0.15, 0.2) is 0 Å². The second-order valence-corrected chi connectivity index (χ2v) is 6.18. The first kappa shape index (κ1) is 17.0. The van der Waals surface area contributed by atoms with Crippen LogP contribution in [0.1, 0.15) is 10.4 Å². The summed E-state index contributed by atoms with van der Waals surface area (Å²) in [5.41, 5.74) is 1.23. The number of rotatable bonds is 5. The topological polar surface area (TPSA) is 47.6 Å². The molecule has 126 valence electrons. The van der Waals surface area contributed by atoms with Gasteiger partial charge in [-0.05, 0) is 66.7 Å². The molecule has 0 saturated heterocycles. The maximum absolute atomic E-state index is 12.3. The Morgan fingerprint density at radius 2 is 1.52 bits per heavy atom. The van der Waals surface area contributed by atoms with Gasteiger partial charge in [0.05, 0.1) is 7.11 Å². The number of hydrogen-bond acceptors (Lipinski definition) is 3. The van der Waals surface area contributed by atoms with Gasteiger partial charge in [0.25, 0.3) is 5.91 Å². The lowest BCUT2D eigenvalue weighted by Crippen LogP contribution is -2.11. The zero-order chi connectivity index (χ0) is 17.6. The molecule has 0 fully saturated rings. The molecule has 0 unspecified atom stereocenters. The van der Waals surface area contributed by atoms with Crippen molar-refractivity contribution in [2.75, 3.05) is 12.4 Å². The molecule has 3 aromatic rings. The van der Waals surface area contributed by atoms with Crippen molar-refractivity contribution in [3.8, 4) is 17.2 Å². The third kappa shape index (κ3) is 4.61. The van der Waals surface area contributed by atoms with Crippen molar-refractivity contribution in [1.82, 2.24) is 0 Å². The SMILES string of the molecule is COc1cccc(C(=O)Nc2ccc(Oc3ccc(Br)cc3)cc2)c1. The second kappa shape index (κ2) is 7.85.